The standard InChI is InChI=1S/C54H33N3S/c1-5-20-45-37(13-1)38-14-2-6-21-46(38)56(45)49-24-9-8-23-48(49)55(36-30-27-34(28-31-36)35-29-32-52-44(33-35)40-16-4-10-26-51(40)58-52)50-25-12-19-43-42-18-11-17-41-39-15-3-7-22-47(39)57(53(41)42)54(43)50/h1-33H. The molecule has 0 N–H and O–H groups in total. The Morgan fingerprint density at radius 2 is 0.862 bits per heavy atom. The first-order chi connectivity index (χ1) is 28.8. The van der Waals surface area contributed by atoms with E-state index in [9.17, 15) is 0 Å². The molecule has 0 saturated heterocycles. The summed E-state index contributed by atoms with van der Waals surface area (Å²) in [6, 6.07) is 73.8. The minimum Gasteiger partial charge on any atom is -0.307 e. The Hall–Kier alpha value is -7.40. The molecule has 9 aromatic carbocycles. The minimum atomic E-state index is 1.09. The summed E-state index contributed by atoms with van der Waals surface area (Å²) in [5.74, 6) is 0. The molecule has 0 radical (unpaired) electrons. The van der Waals surface area contributed by atoms with Crippen molar-refractivity contribution in [1.29, 1.82) is 0 Å². The Bertz CT molecular complexity index is 3700. The number of anilines is 3. The SMILES string of the molecule is c1ccc(-n2c3ccccc3c3ccccc32)c(N(c2ccc(-c3ccc4sc5ccccc5c4c3)cc2)c2cccc3c4cccc5c6ccccc6n(c23)c54)c1. The van der Waals surface area contributed by atoms with Crippen molar-refractivity contribution in [3.63, 3.8) is 0 Å². The van der Waals surface area contributed by atoms with Gasteiger partial charge >= 0.3 is 0 Å². The number of thiophene rings is 1. The van der Waals surface area contributed by atoms with Crippen molar-refractivity contribution in [1.82, 2.24) is 8.97 Å². The third-order valence-electron chi connectivity index (χ3n) is 12.2. The van der Waals surface area contributed by atoms with Gasteiger partial charge in [0.05, 0.1) is 44.6 Å². The maximum absolute atomic E-state index is 2.51. The van der Waals surface area contributed by atoms with Gasteiger partial charge in [-0.05, 0) is 77.9 Å². The van der Waals surface area contributed by atoms with Crippen molar-refractivity contribution in [2.24, 2.45) is 0 Å². The van der Waals surface area contributed by atoms with Gasteiger partial charge in [0, 0.05) is 58.2 Å². The number of nitrogens with zero attached hydrogens (tertiary/aromatic N) is 3. The molecule has 13 aromatic rings. The summed E-state index contributed by atoms with van der Waals surface area (Å²) in [4.78, 5) is 2.49. The van der Waals surface area contributed by atoms with Gasteiger partial charge in [-0.25, -0.2) is 0 Å². The molecule has 0 bridgehead atoms. The monoisotopic (exact) mass is 755 g/mol. The van der Waals surface area contributed by atoms with Gasteiger partial charge in [-0.3, -0.25) is 0 Å². The highest BCUT2D eigenvalue weighted by molar-refractivity contribution is 7.25. The summed E-state index contributed by atoms with van der Waals surface area (Å²) in [6.07, 6.45) is 0. The van der Waals surface area contributed by atoms with Crippen LogP contribution in [0.5, 0.6) is 0 Å². The summed E-state index contributed by atoms with van der Waals surface area (Å²) in [5.41, 5.74) is 12.9. The van der Waals surface area contributed by atoms with Crippen molar-refractivity contribution >= 4 is 108 Å². The van der Waals surface area contributed by atoms with Crippen molar-refractivity contribution in [2.45, 2.75) is 0 Å². The fourth-order valence-electron chi connectivity index (χ4n) is 9.77. The quantitative estimate of drug-likeness (QED) is 0.170. The third-order valence-corrected chi connectivity index (χ3v) is 13.4. The molecule has 4 heteroatoms. The predicted octanol–water partition coefficient (Wildman–Crippen LogP) is 15.4. The van der Waals surface area contributed by atoms with Gasteiger partial charge in [0.15, 0.2) is 0 Å². The van der Waals surface area contributed by atoms with E-state index in [2.05, 4.69) is 214 Å². The zero-order valence-electron chi connectivity index (χ0n) is 31.3. The Labute approximate surface area is 337 Å². The fourth-order valence-corrected chi connectivity index (χ4v) is 10.9. The van der Waals surface area contributed by atoms with E-state index in [0.29, 0.717) is 0 Å². The molecule has 270 valence electrons. The van der Waals surface area contributed by atoms with Crippen molar-refractivity contribution in [3.8, 4) is 16.8 Å². The Morgan fingerprint density at radius 1 is 0.345 bits per heavy atom. The lowest BCUT2D eigenvalue weighted by atomic mass is 10.0. The smallest absolute Gasteiger partial charge is 0.0782 e. The van der Waals surface area contributed by atoms with E-state index in [-0.39, 0.29) is 0 Å². The zero-order chi connectivity index (χ0) is 37.9. The first-order valence-electron chi connectivity index (χ1n) is 19.9. The molecule has 0 atom stereocenters. The van der Waals surface area contributed by atoms with E-state index >= 15 is 0 Å². The molecule has 4 heterocycles. The van der Waals surface area contributed by atoms with E-state index in [1.807, 2.05) is 11.3 Å². The number of aromatic nitrogens is 2. The normalized spacial score (nSPS) is 12.1. The topological polar surface area (TPSA) is 12.6 Å². The van der Waals surface area contributed by atoms with Crippen LogP contribution in [-0.2, 0) is 0 Å². The molecule has 0 amide bonds. The first kappa shape index (κ1) is 31.8. The molecule has 0 fully saturated rings. The Balaban J connectivity index is 1.09. The van der Waals surface area contributed by atoms with Crippen LogP contribution in [0.4, 0.5) is 17.1 Å². The van der Waals surface area contributed by atoms with Gasteiger partial charge in [-0.1, -0.05) is 133 Å². The second-order valence-corrected chi connectivity index (χ2v) is 16.4. The molecule has 3 nitrogen and oxygen atoms in total. The van der Waals surface area contributed by atoms with E-state index in [1.54, 1.807) is 0 Å². The minimum absolute atomic E-state index is 1.09. The fraction of sp³-hybridized carbons (Fsp3) is 0. The molecule has 0 aliphatic rings. The van der Waals surface area contributed by atoms with Gasteiger partial charge in [-0.15, -0.1) is 11.3 Å². The van der Waals surface area contributed by atoms with Crippen LogP contribution in [0.3, 0.4) is 0 Å². The number of fused-ring (bicyclic) bond motifs is 12. The molecular formula is C54H33N3S. The lowest BCUT2D eigenvalue weighted by Gasteiger charge is -2.29. The van der Waals surface area contributed by atoms with E-state index < -0.39 is 0 Å². The second kappa shape index (κ2) is 12.1. The highest BCUT2D eigenvalue weighted by atomic mass is 32.1. The molecule has 58 heavy (non-hydrogen) atoms. The van der Waals surface area contributed by atoms with Gasteiger partial charge in [0.2, 0.25) is 0 Å². The van der Waals surface area contributed by atoms with Crippen LogP contribution in [0.15, 0.2) is 200 Å². The lowest BCUT2D eigenvalue weighted by Crippen LogP contribution is -2.14. The second-order valence-electron chi connectivity index (χ2n) is 15.3. The van der Waals surface area contributed by atoms with Crippen LogP contribution >= 0.6 is 11.3 Å². The summed E-state index contributed by atoms with van der Waals surface area (Å²) >= 11 is 1.86. The number of para-hydroxylation sites is 7. The Kier molecular flexibility index (Phi) is 6.60. The number of hydrogen-bond acceptors (Lipinski definition) is 2. The largest absolute Gasteiger partial charge is 0.307 e. The Morgan fingerprint density at radius 3 is 1.62 bits per heavy atom. The first-order valence-corrected chi connectivity index (χ1v) is 20.7. The molecule has 0 aliphatic carbocycles. The third kappa shape index (κ3) is 4.38. The molecule has 0 spiro atoms. The van der Waals surface area contributed by atoms with E-state index in [0.717, 1.165) is 22.7 Å². The lowest BCUT2D eigenvalue weighted by molar-refractivity contribution is 1.15. The van der Waals surface area contributed by atoms with Gasteiger partial charge < -0.3 is 13.9 Å². The van der Waals surface area contributed by atoms with Crippen molar-refractivity contribution in [3.05, 3.63) is 200 Å². The van der Waals surface area contributed by atoms with Crippen LogP contribution in [0.2, 0.25) is 0 Å². The molecule has 0 unspecified atom stereocenters. The van der Waals surface area contributed by atoms with Gasteiger partial charge in [-0.2, -0.15) is 0 Å². The summed E-state index contributed by atoms with van der Waals surface area (Å²) < 4.78 is 7.60. The van der Waals surface area contributed by atoms with Gasteiger partial charge in [0.1, 0.15) is 0 Å². The van der Waals surface area contributed by atoms with Crippen LogP contribution in [0, 0.1) is 0 Å². The summed E-state index contributed by atoms with van der Waals surface area (Å²) in [7, 11) is 0. The van der Waals surface area contributed by atoms with E-state index in [1.165, 1.54) is 91.2 Å². The van der Waals surface area contributed by atoms with Crippen LogP contribution < -0.4 is 4.90 Å². The summed E-state index contributed by atoms with van der Waals surface area (Å²) in [5, 5.41) is 10.2. The average molecular weight is 756 g/mol. The molecular weight excluding hydrogens is 723 g/mol. The number of rotatable bonds is 5. The summed E-state index contributed by atoms with van der Waals surface area (Å²) in [6.45, 7) is 0. The molecule has 0 saturated carbocycles. The van der Waals surface area contributed by atoms with Crippen LogP contribution in [0.1, 0.15) is 0 Å². The highest BCUT2D eigenvalue weighted by Gasteiger charge is 2.25. The predicted molar refractivity (Wildman–Crippen MR) is 248 cm³/mol. The van der Waals surface area contributed by atoms with Crippen molar-refractivity contribution in [2.75, 3.05) is 4.90 Å². The number of benzene rings is 9. The van der Waals surface area contributed by atoms with Crippen molar-refractivity contribution < 1.29 is 0 Å². The average Bonchev–Trinajstić information content (AvgIpc) is 4.03. The molecule has 0 aliphatic heterocycles. The maximum Gasteiger partial charge on any atom is 0.0782 e. The van der Waals surface area contributed by atoms with Crippen LogP contribution in [-0.4, -0.2) is 8.97 Å². The molecule has 4 aromatic heterocycles. The highest BCUT2D eigenvalue weighted by Crippen LogP contribution is 2.48. The van der Waals surface area contributed by atoms with Gasteiger partial charge in [0.25, 0.3) is 0 Å². The number of hydrogen-bond donors (Lipinski definition) is 0. The maximum atomic E-state index is 2.51. The molecule has 13 rings (SSSR count). The zero-order valence-corrected chi connectivity index (χ0v) is 32.1. The van der Waals surface area contributed by atoms with Crippen LogP contribution in [0.25, 0.3) is 96.9 Å². The van der Waals surface area contributed by atoms with E-state index in [4.69, 9.17) is 0 Å².